The lowest BCUT2D eigenvalue weighted by Crippen LogP contribution is -2.33. The second-order valence-corrected chi connectivity index (χ2v) is 9.97. The highest BCUT2D eigenvalue weighted by molar-refractivity contribution is 6.31. The van der Waals surface area contributed by atoms with E-state index in [-0.39, 0.29) is 18.6 Å². The number of hydrogen-bond donors (Lipinski definition) is 4. The number of benzene rings is 1. The van der Waals surface area contributed by atoms with Crippen molar-refractivity contribution in [3.05, 3.63) is 34.5 Å². The topological polar surface area (TPSA) is 127 Å². The van der Waals surface area contributed by atoms with Gasteiger partial charge in [0.1, 0.15) is 30.0 Å². The summed E-state index contributed by atoms with van der Waals surface area (Å²) in [6.07, 6.45) is 2.04. The van der Waals surface area contributed by atoms with Crippen molar-refractivity contribution in [2.75, 3.05) is 58.5 Å². The summed E-state index contributed by atoms with van der Waals surface area (Å²) in [4.78, 5) is 22.7. The Kier molecular flexibility index (Phi) is 9.93. The van der Waals surface area contributed by atoms with E-state index in [1.54, 1.807) is 25.2 Å². The predicted molar refractivity (Wildman–Crippen MR) is 141 cm³/mol. The Hall–Kier alpha value is -2.50. The molecule has 2 aromatic rings. The molecular weight excluding hydrogens is 498 g/mol. The van der Waals surface area contributed by atoms with Crippen molar-refractivity contribution < 1.29 is 24.1 Å². The number of aliphatic hydroxyl groups excluding tert-OH is 1. The third-order valence-electron chi connectivity index (χ3n) is 6.54. The second-order valence-electron chi connectivity index (χ2n) is 9.54. The first-order chi connectivity index (χ1) is 17.9. The highest BCUT2D eigenvalue weighted by atomic mass is 35.5. The molecule has 1 aromatic heterocycles. The maximum absolute atomic E-state index is 13.3. The van der Waals surface area contributed by atoms with Crippen LogP contribution in [-0.2, 0) is 9.47 Å². The minimum Gasteiger partial charge on any atom is -0.491 e. The summed E-state index contributed by atoms with van der Waals surface area (Å²) in [5.41, 5.74) is 1.59. The molecule has 2 aliphatic heterocycles. The highest BCUT2D eigenvalue weighted by Gasteiger charge is 2.23. The molecule has 37 heavy (non-hydrogen) atoms. The number of rotatable bonds is 11. The summed E-state index contributed by atoms with van der Waals surface area (Å²) < 4.78 is 16.7. The number of carbonyl (C=O) groups is 1. The van der Waals surface area contributed by atoms with Gasteiger partial charge in [-0.3, -0.25) is 4.79 Å². The van der Waals surface area contributed by atoms with Gasteiger partial charge in [-0.25, -0.2) is 9.97 Å². The number of amides is 1. The fourth-order valence-electron chi connectivity index (χ4n) is 4.38. The highest BCUT2D eigenvalue weighted by Crippen LogP contribution is 2.29. The smallest absolute Gasteiger partial charge is 0.270 e. The Morgan fingerprint density at radius 2 is 1.97 bits per heavy atom. The van der Waals surface area contributed by atoms with Crippen LogP contribution < -0.4 is 20.7 Å². The molecule has 1 aromatic carbocycles. The molecule has 1 amide bonds. The van der Waals surface area contributed by atoms with Gasteiger partial charge in [0.15, 0.2) is 5.82 Å². The van der Waals surface area contributed by atoms with Gasteiger partial charge in [0.05, 0.1) is 12.6 Å². The summed E-state index contributed by atoms with van der Waals surface area (Å²) in [6, 6.07) is 5.26. The van der Waals surface area contributed by atoms with Crippen molar-refractivity contribution in [2.45, 2.75) is 38.3 Å². The number of ether oxygens (including phenoxy) is 3. The Morgan fingerprint density at radius 3 is 2.70 bits per heavy atom. The van der Waals surface area contributed by atoms with Crippen molar-refractivity contribution in [2.24, 2.45) is 5.92 Å². The van der Waals surface area contributed by atoms with E-state index in [1.807, 2.05) is 6.92 Å². The fraction of sp³-hybridized carbons (Fsp3) is 0.577. The lowest BCUT2D eigenvalue weighted by Gasteiger charge is -2.22. The molecule has 4 rings (SSSR count). The van der Waals surface area contributed by atoms with Crippen LogP contribution in [0, 0.1) is 12.8 Å². The van der Waals surface area contributed by atoms with Crippen molar-refractivity contribution in [3.63, 3.8) is 0 Å². The molecule has 3 heterocycles. The molecule has 2 saturated heterocycles. The van der Waals surface area contributed by atoms with Crippen molar-refractivity contribution >= 4 is 23.3 Å². The molecule has 2 fully saturated rings. The number of aliphatic hydroxyl groups is 1. The number of likely N-dealkylation sites (N-methyl/N-ethyl adjacent to an activating group) is 1. The van der Waals surface area contributed by atoms with Crippen LogP contribution in [0.5, 0.6) is 5.75 Å². The van der Waals surface area contributed by atoms with Gasteiger partial charge < -0.3 is 35.3 Å². The molecule has 0 saturated carbocycles. The van der Waals surface area contributed by atoms with Crippen molar-refractivity contribution in [1.29, 1.82) is 0 Å². The van der Waals surface area contributed by atoms with Crippen molar-refractivity contribution in [1.82, 2.24) is 20.6 Å². The zero-order chi connectivity index (χ0) is 26.2. The molecule has 10 nitrogen and oxygen atoms in total. The van der Waals surface area contributed by atoms with Crippen molar-refractivity contribution in [3.8, 4) is 17.1 Å². The van der Waals surface area contributed by atoms with Crippen LogP contribution in [0.1, 0.15) is 35.3 Å². The molecular formula is C26H36ClN5O5. The van der Waals surface area contributed by atoms with Crippen LogP contribution in [-0.4, -0.2) is 86.3 Å². The SMILES string of the molecule is CNCC(O)COc1cc(Cl)cc(-c2nc(NC3CCOC3)c(C)c(C(=O)NCC3CCOCC3)n2)c1. The van der Waals surface area contributed by atoms with Gasteiger partial charge in [0.2, 0.25) is 0 Å². The summed E-state index contributed by atoms with van der Waals surface area (Å²) in [7, 11) is 1.76. The van der Waals surface area contributed by atoms with Crippen LogP contribution in [0.25, 0.3) is 11.4 Å². The molecule has 202 valence electrons. The van der Waals surface area contributed by atoms with Crippen LogP contribution in [0.4, 0.5) is 5.82 Å². The molecule has 2 atom stereocenters. The first-order valence-corrected chi connectivity index (χ1v) is 13.2. The number of nitrogens with one attached hydrogen (secondary N) is 3. The molecule has 0 bridgehead atoms. The predicted octanol–water partition coefficient (Wildman–Crippen LogP) is 2.42. The molecule has 2 aliphatic rings. The first kappa shape index (κ1) is 27.5. The van der Waals surface area contributed by atoms with E-state index in [1.165, 1.54) is 0 Å². The Balaban J connectivity index is 1.61. The third-order valence-corrected chi connectivity index (χ3v) is 6.75. The maximum atomic E-state index is 13.3. The van der Waals surface area contributed by atoms with Gasteiger partial charge >= 0.3 is 0 Å². The normalized spacial score (nSPS) is 19.0. The zero-order valence-corrected chi connectivity index (χ0v) is 22.1. The lowest BCUT2D eigenvalue weighted by molar-refractivity contribution is 0.0642. The maximum Gasteiger partial charge on any atom is 0.270 e. The van der Waals surface area contributed by atoms with Gasteiger partial charge in [-0.05, 0) is 57.4 Å². The van der Waals surface area contributed by atoms with E-state index in [0.717, 1.165) is 32.5 Å². The number of carbonyl (C=O) groups excluding carboxylic acids is 1. The van der Waals surface area contributed by atoms with E-state index in [2.05, 4.69) is 20.9 Å². The fourth-order valence-corrected chi connectivity index (χ4v) is 4.61. The van der Waals surface area contributed by atoms with Crippen LogP contribution >= 0.6 is 11.6 Å². The summed E-state index contributed by atoms with van der Waals surface area (Å²) in [5.74, 6) is 1.56. The monoisotopic (exact) mass is 533 g/mol. The standard InChI is InChI=1S/C26H36ClN5O5/c1-16-23(26(34)29-12-17-3-6-35-7-4-17)31-25(32-24(16)30-20-5-8-36-14-20)18-9-19(27)11-22(10-18)37-15-21(33)13-28-2/h9-11,17,20-21,28,33H,3-8,12-15H2,1-2H3,(H,29,34)(H,30,31,32). The number of halogens is 1. The lowest BCUT2D eigenvalue weighted by atomic mass is 10.0. The summed E-state index contributed by atoms with van der Waals surface area (Å²) in [5, 5.41) is 19.8. The first-order valence-electron chi connectivity index (χ1n) is 12.8. The van der Waals surface area contributed by atoms with E-state index in [0.29, 0.717) is 71.5 Å². The second kappa shape index (κ2) is 13.3. The average Bonchev–Trinajstić information content (AvgIpc) is 3.41. The summed E-state index contributed by atoms with van der Waals surface area (Å²) in [6.45, 7) is 5.63. The van der Waals surface area contributed by atoms with Crippen LogP contribution in [0.15, 0.2) is 18.2 Å². The average molecular weight is 534 g/mol. The van der Waals surface area contributed by atoms with E-state index in [4.69, 9.17) is 30.8 Å². The number of anilines is 1. The van der Waals surface area contributed by atoms with E-state index >= 15 is 0 Å². The molecule has 2 unspecified atom stereocenters. The third kappa shape index (κ3) is 7.75. The summed E-state index contributed by atoms with van der Waals surface area (Å²) >= 11 is 6.39. The molecule has 0 radical (unpaired) electrons. The number of hydrogen-bond acceptors (Lipinski definition) is 9. The Morgan fingerprint density at radius 1 is 1.19 bits per heavy atom. The minimum atomic E-state index is -0.668. The molecule has 4 N–H and O–H groups in total. The van der Waals surface area contributed by atoms with Gasteiger partial charge in [-0.1, -0.05) is 11.6 Å². The molecule has 0 spiro atoms. The Bertz CT molecular complexity index is 1060. The number of nitrogens with zero attached hydrogens (tertiary/aromatic N) is 2. The largest absolute Gasteiger partial charge is 0.491 e. The quantitative estimate of drug-likeness (QED) is 0.344. The van der Waals surface area contributed by atoms with E-state index in [9.17, 15) is 9.90 Å². The van der Waals surface area contributed by atoms with Crippen LogP contribution in [0.3, 0.4) is 0 Å². The van der Waals surface area contributed by atoms with Gasteiger partial charge in [-0.2, -0.15) is 0 Å². The van der Waals surface area contributed by atoms with Gasteiger partial charge in [-0.15, -0.1) is 0 Å². The van der Waals surface area contributed by atoms with Gasteiger partial charge in [0, 0.05) is 49.1 Å². The Labute approximate surface area is 222 Å². The van der Waals surface area contributed by atoms with Gasteiger partial charge in [0.25, 0.3) is 5.91 Å². The molecule has 0 aliphatic carbocycles. The van der Waals surface area contributed by atoms with E-state index < -0.39 is 6.10 Å². The van der Waals surface area contributed by atoms with Crippen LogP contribution in [0.2, 0.25) is 5.02 Å². The number of aromatic nitrogens is 2. The molecule has 11 heteroatoms. The zero-order valence-electron chi connectivity index (χ0n) is 21.4. The minimum absolute atomic E-state index is 0.101.